The first-order valence-electron chi connectivity index (χ1n) is 2.51. The van der Waals surface area contributed by atoms with Crippen LogP contribution in [-0.4, -0.2) is 0 Å². The van der Waals surface area contributed by atoms with Gasteiger partial charge in [0.15, 0.2) is 0 Å². The summed E-state index contributed by atoms with van der Waals surface area (Å²) >= 11 is 5.64. The van der Waals surface area contributed by atoms with Crippen molar-refractivity contribution in [3.8, 4) is 0 Å². The first-order valence-corrected chi connectivity index (χ1v) is 2.89. The summed E-state index contributed by atoms with van der Waals surface area (Å²) in [6.45, 7) is 2.02. The van der Waals surface area contributed by atoms with Crippen molar-refractivity contribution in [2.24, 2.45) is 0 Å². The quantitative estimate of drug-likeness (QED) is 0.522. The maximum Gasteiger partial charge on any atom is 0.0408 e. The molecule has 0 saturated carbocycles. The highest BCUT2D eigenvalue weighted by Crippen LogP contribution is 2.08. The lowest BCUT2D eigenvalue weighted by atomic mass is 10.2. The van der Waals surface area contributed by atoms with Gasteiger partial charge in [0.2, 0.25) is 0 Å². The highest BCUT2D eigenvalue weighted by atomic mass is 35.5. The van der Waals surface area contributed by atoms with E-state index in [1.54, 1.807) is 0 Å². The van der Waals surface area contributed by atoms with Gasteiger partial charge < -0.3 is 0 Å². The molecule has 50 valence electrons. The average molecular weight is 143 g/mol. The van der Waals surface area contributed by atoms with E-state index in [0.717, 1.165) is 5.02 Å². The Morgan fingerprint density at radius 2 is 2.00 bits per heavy atom. The first-order chi connectivity index (χ1) is 3.79. The van der Waals surface area contributed by atoms with Crippen LogP contribution in [0.4, 0.5) is 0 Å². The average Bonchev–Trinajstić information content (AvgIpc) is 1.64. The molecule has 0 nitrogen and oxygen atoms in total. The van der Waals surface area contributed by atoms with Crippen LogP contribution in [0.25, 0.3) is 0 Å². The van der Waals surface area contributed by atoms with E-state index in [1.165, 1.54) is 5.56 Å². The summed E-state index contributed by atoms with van der Waals surface area (Å²) in [5.74, 6) is 0. The third kappa shape index (κ3) is 2.52. The van der Waals surface area contributed by atoms with Crippen molar-refractivity contribution in [1.82, 2.24) is 0 Å². The molecule has 0 heterocycles. The Kier molecular flexibility index (Phi) is 3.33. The fourth-order valence-electron chi connectivity index (χ4n) is 0.606. The normalized spacial score (nSPS) is 8.22. The fraction of sp³-hybridized carbons (Fsp3) is 0.250. The van der Waals surface area contributed by atoms with Gasteiger partial charge in [0.05, 0.1) is 0 Å². The van der Waals surface area contributed by atoms with Crippen LogP contribution >= 0.6 is 11.6 Å². The minimum Gasteiger partial charge on any atom is -0.0843 e. The molecule has 1 heteroatoms. The molecule has 0 radical (unpaired) electrons. The Balaban J connectivity index is 0.000000640. The Labute approximate surface area is 61.5 Å². The number of hydrogen-bond donors (Lipinski definition) is 0. The van der Waals surface area contributed by atoms with Crippen molar-refractivity contribution >= 4 is 11.6 Å². The Bertz CT molecular complexity index is 164. The third-order valence-corrected chi connectivity index (χ3v) is 1.22. The molecular formula is C8H11Cl. The van der Waals surface area contributed by atoms with E-state index < -0.39 is 0 Å². The van der Waals surface area contributed by atoms with E-state index in [2.05, 4.69) is 0 Å². The molecule has 1 aromatic rings. The van der Waals surface area contributed by atoms with E-state index in [9.17, 15) is 0 Å². The molecular weight excluding hydrogens is 132 g/mol. The largest absolute Gasteiger partial charge is 0.0843 e. The minimum atomic E-state index is 0. The minimum absolute atomic E-state index is 0. The van der Waals surface area contributed by atoms with Gasteiger partial charge in [0.25, 0.3) is 0 Å². The van der Waals surface area contributed by atoms with Crippen molar-refractivity contribution < 1.29 is 0 Å². The van der Waals surface area contributed by atoms with Crippen LogP contribution in [0.1, 0.15) is 13.0 Å². The summed E-state index contributed by atoms with van der Waals surface area (Å²) in [6, 6.07) is 7.76. The van der Waals surface area contributed by atoms with Gasteiger partial charge in [-0.25, -0.2) is 0 Å². The lowest BCUT2D eigenvalue weighted by Gasteiger charge is -1.88. The highest BCUT2D eigenvalue weighted by Gasteiger charge is 1.82. The molecule has 0 unspecified atom stereocenters. The third-order valence-electron chi connectivity index (χ3n) is 0.980. The van der Waals surface area contributed by atoms with Crippen molar-refractivity contribution in [3.05, 3.63) is 34.9 Å². The standard InChI is InChI=1S/C7H7Cl.CH4/c1-6-3-2-4-7(8)5-6;/h2-5H,1H3;1H4. The predicted octanol–water partition coefficient (Wildman–Crippen LogP) is 3.28. The topological polar surface area (TPSA) is 0 Å². The van der Waals surface area contributed by atoms with Crippen molar-refractivity contribution in [1.29, 1.82) is 0 Å². The molecule has 0 aliphatic rings. The number of rotatable bonds is 0. The zero-order valence-corrected chi connectivity index (χ0v) is 5.44. The summed E-state index contributed by atoms with van der Waals surface area (Å²) in [7, 11) is 0. The van der Waals surface area contributed by atoms with Crippen molar-refractivity contribution in [2.75, 3.05) is 0 Å². The van der Waals surface area contributed by atoms with Crippen LogP contribution in [0.3, 0.4) is 0 Å². The van der Waals surface area contributed by atoms with E-state index in [1.807, 2.05) is 31.2 Å². The molecule has 0 atom stereocenters. The van der Waals surface area contributed by atoms with Crippen LogP contribution in [0, 0.1) is 6.92 Å². The van der Waals surface area contributed by atoms with Gasteiger partial charge >= 0.3 is 0 Å². The molecule has 0 aromatic heterocycles. The highest BCUT2D eigenvalue weighted by molar-refractivity contribution is 6.30. The molecule has 0 N–H and O–H groups in total. The summed E-state index contributed by atoms with van der Waals surface area (Å²) in [5.41, 5.74) is 1.21. The second kappa shape index (κ2) is 3.52. The van der Waals surface area contributed by atoms with Crippen LogP contribution < -0.4 is 0 Å². The van der Waals surface area contributed by atoms with Crippen molar-refractivity contribution in [2.45, 2.75) is 14.4 Å². The number of aryl methyl sites for hydroxylation is 1. The van der Waals surface area contributed by atoms with Crippen LogP contribution in [0.15, 0.2) is 24.3 Å². The fourth-order valence-corrected chi connectivity index (χ4v) is 0.850. The van der Waals surface area contributed by atoms with E-state index in [0.29, 0.717) is 0 Å². The van der Waals surface area contributed by atoms with Gasteiger partial charge in [-0.15, -0.1) is 0 Å². The SMILES string of the molecule is C.Cc1cccc(Cl)c1. The van der Waals surface area contributed by atoms with Gasteiger partial charge in [-0.3, -0.25) is 0 Å². The van der Waals surface area contributed by atoms with Crippen LogP contribution in [0.5, 0.6) is 0 Å². The van der Waals surface area contributed by atoms with Crippen LogP contribution in [-0.2, 0) is 0 Å². The number of halogens is 1. The summed E-state index contributed by atoms with van der Waals surface area (Å²) in [5, 5.41) is 0.810. The number of hydrogen-bond acceptors (Lipinski definition) is 0. The molecule has 0 aliphatic heterocycles. The van der Waals surface area contributed by atoms with E-state index >= 15 is 0 Å². The van der Waals surface area contributed by atoms with Gasteiger partial charge in [0, 0.05) is 5.02 Å². The molecule has 0 bridgehead atoms. The molecule has 0 amide bonds. The Morgan fingerprint density at radius 3 is 2.33 bits per heavy atom. The lowest BCUT2D eigenvalue weighted by Crippen LogP contribution is -1.66. The lowest BCUT2D eigenvalue weighted by molar-refractivity contribution is 1.47. The van der Waals surface area contributed by atoms with Crippen molar-refractivity contribution in [3.63, 3.8) is 0 Å². The smallest absolute Gasteiger partial charge is 0.0408 e. The molecule has 0 spiro atoms. The first kappa shape index (κ1) is 8.51. The second-order valence-corrected chi connectivity index (χ2v) is 2.24. The van der Waals surface area contributed by atoms with Gasteiger partial charge in [-0.1, -0.05) is 31.2 Å². The second-order valence-electron chi connectivity index (χ2n) is 1.80. The monoisotopic (exact) mass is 142 g/mol. The van der Waals surface area contributed by atoms with E-state index in [-0.39, 0.29) is 7.43 Å². The molecule has 0 saturated heterocycles. The zero-order valence-electron chi connectivity index (χ0n) is 4.69. The maximum atomic E-state index is 5.64. The predicted molar refractivity (Wildman–Crippen MR) is 42.9 cm³/mol. The molecule has 9 heavy (non-hydrogen) atoms. The maximum absolute atomic E-state index is 5.64. The van der Waals surface area contributed by atoms with E-state index in [4.69, 9.17) is 11.6 Å². The molecule has 0 aliphatic carbocycles. The van der Waals surface area contributed by atoms with Gasteiger partial charge in [0.1, 0.15) is 0 Å². The molecule has 1 rings (SSSR count). The van der Waals surface area contributed by atoms with Crippen LogP contribution in [0.2, 0.25) is 5.02 Å². The number of benzene rings is 1. The zero-order chi connectivity index (χ0) is 5.98. The molecule has 1 aromatic carbocycles. The molecule has 0 fully saturated rings. The summed E-state index contributed by atoms with van der Waals surface area (Å²) in [4.78, 5) is 0. The Hall–Kier alpha value is -0.490. The Morgan fingerprint density at radius 1 is 1.33 bits per heavy atom. The summed E-state index contributed by atoms with van der Waals surface area (Å²) in [6.07, 6.45) is 0. The van der Waals surface area contributed by atoms with Gasteiger partial charge in [-0.2, -0.15) is 0 Å². The summed E-state index contributed by atoms with van der Waals surface area (Å²) < 4.78 is 0. The van der Waals surface area contributed by atoms with Gasteiger partial charge in [-0.05, 0) is 24.6 Å².